The Kier molecular flexibility index (Phi) is 5.89. The van der Waals surface area contributed by atoms with E-state index in [-0.39, 0.29) is 5.91 Å². The second-order valence-corrected chi connectivity index (χ2v) is 10.5. The second-order valence-electron chi connectivity index (χ2n) is 8.46. The highest BCUT2D eigenvalue weighted by Gasteiger charge is 2.30. The zero-order valence-corrected chi connectivity index (χ0v) is 19.6. The third-order valence-electron chi connectivity index (χ3n) is 5.88. The van der Waals surface area contributed by atoms with E-state index in [0.29, 0.717) is 29.7 Å². The fourth-order valence-corrected chi connectivity index (χ4v) is 6.44. The van der Waals surface area contributed by atoms with Crippen LogP contribution >= 0.6 is 23.1 Å². The van der Waals surface area contributed by atoms with Crippen LogP contribution in [0.3, 0.4) is 0 Å². The Morgan fingerprint density at radius 2 is 2.10 bits per heavy atom. The van der Waals surface area contributed by atoms with Gasteiger partial charge in [-0.2, -0.15) is 0 Å². The summed E-state index contributed by atoms with van der Waals surface area (Å²) in [4.78, 5) is 25.2. The molecule has 1 unspecified atom stereocenters. The number of nitrogens with one attached hydrogen (secondary N) is 1. The molecule has 1 fully saturated rings. The van der Waals surface area contributed by atoms with Crippen molar-refractivity contribution in [2.24, 2.45) is 5.92 Å². The van der Waals surface area contributed by atoms with E-state index in [1.54, 1.807) is 0 Å². The van der Waals surface area contributed by atoms with Gasteiger partial charge in [-0.05, 0) is 62.6 Å². The molecular weight excluding hydrogens is 426 g/mol. The molecule has 1 N–H and O–H groups in total. The molecular formula is C24H27N3O2S2. The van der Waals surface area contributed by atoms with E-state index in [2.05, 4.69) is 12.2 Å². The number of thiophene rings is 1. The van der Waals surface area contributed by atoms with Gasteiger partial charge in [-0.3, -0.25) is 4.79 Å². The van der Waals surface area contributed by atoms with Crippen molar-refractivity contribution in [3.05, 3.63) is 40.5 Å². The molecule has 2 aromatic heterocycles. The maximum Gasteiger partial charge on any atom is 0.234 e. The Morgan fingerprint density at radius 1 is 1.26 bits per heavy atom. The zero-order chi connectivity index (χ0) is 21.4. The molecule has 31 heavy (non-hydrogen) atoms. The van der Waals surface area contributed by atoms with Gasteiger partial charge in [0.15, 0.2) is 0 Å². The fourth-order valence-electron chi connectivity index (χ4n) is 4.12. The fraction of sp³-hybridized carbons (Fsp3) is 0.458. The lowest BCUT2D eigenvalue weighted by molar-refractivity contribution is -0.113. The first-order valence-electron chi connectivity index (χ1n) is 11.1. The summed E-state index contributed by atoms with van der Waals surface area (Å²) < 4.78 is 5.63. The predicted octanol–water partition coefficient (Wildman–Crippen LogP) is 5.82. The number of anilines is 1. The number of rotatable bonds is 7. The van der Waals surface area contributed by atoms with Crippen LogP contribution in [0.1, 0.15) is 55.3 Å². The van der Waals surface area contributed by atoms with Gasteiger partial charge in [-0.1, -0.05) is 30.8 Å². The highest BCUT2D eigenvalue weighted by molar-refractivity contribution is 8.00. The van der Waals surface area contributed by atoms with Crippen LogP contribution in [-0.2, 0) is 17.6 Å². The lowest BCUT2D eigenvalue weighted by Gasteiger charge is -2.18. The lowest BCUT2D eigenvalue weighted by Crippen LogP contribution is -2.15. The first kappa shape index (κ1) is 20.8. The second kappa shape index (κ2) is 8.79. The van der Waals surface area contributed by atoms with Gasteiger partial charge in [-0.25, -0.2) is 9.97 Å². The summed E-state index contributed by atoms with van der Waals surface area (Å²) >= 11 is 3.38. The number of hydrogen-bond acceptors (Lipinski definition) is 6. The van der Waals surface area contributed by atoms with Crippen molar-refractivity contribution in [2.45, 2.75) is 56.9 Å². The summed E-state index contributed by atoms with van der Waals surface area (Å²) in [6.45, 7) is 4.83. The molecule has 0 bridgehead atoms. The molecule has 0 spiro atoms. The van der Waals surface area contributed by atoms with Gasteiger partial charge in [0.1, 0.15) is 21.4 Å². The zero-order valence-electron chi connectivity index (χ0n) is 17.9. The van der Waals surface area contributed by atoms with Crippen LogP contribution in [0.5, 0.6) is 5.75 Å². The van der Waals surface area contributed by atoms with Gasteiger partial charge in [0.05, 0.1) is 18.0 Å². The molecule has 2 heterocycles. The average Bonchev–Trinajstić information content (AvgIpc) is 3.54. The number of aryl methyl sites for hydroxylation is 1. The molecule has 2 aliphatic carbocycles. The smallest absolute Gasteiger partial charge is 0.234 e. The Hall–Kier alpha value is -2.12. The highest BCUT2D eigenvalue weighted by atomic mass is 32.2. The van der Waals surface area contributed by atoms with E-state index in [1.165, 1.54) is 46.9 Å². The molecule has 2 aliphatic rings. The van der Waals surface area contributed by atoms with E-state index in [9.17, 15) is 4.79 Å². The summed E-state index contributed by atoms with van der Waals surface area (Å²) in [5.41, 5.74) is 2.13. The van der Waals surface area contributed by atoms with Crippen LogP contribution < -0.4 is 10.1 Å². The van der Waals surface area contributed by atoms with Crippen LogP contribution in [-0.4, -0.2) is 28.2 Å². The number of carbonyl (C=O) groups excluding carboxylic acids is 1. The van der Waals surface area contributed by atoms with Crippen molar-refractivity contribution < 1.29 is 9.53 Å². The summed E-state index contributed by atoms with van der Waals surface area (Å²) in [6.07, 6.45) is 5.78. The maximum absolute atomic E-state index is 12.8. The van der Waals surface area contributed by atoms with Gasteiger partial charge in [0.25, 0.3) is 0 Å². The Labute approximate surface area is 191 Å². The minimum absolute atomic E-state index is 0.0467. The number of ether oxygens (including phenoxy) is 1. The Morgan fingerprint density at radius 3 is 2.90 bits per heavy atom. The highest BCUT2D eigenvalue weighted by Crippen LogP contribution is 2.44. The Bertz CT molecular complexity index is 1120. The predicted molar refractivity (Wildman–Crippen MR) is 128 cm³/mol. The van der Waals surface area contributed by atoms with Crippen LogP contribution in [0, 0.1) is 5.92 Å². The third-order valence-corrected chi connectivity index (χ3v) is 8.01. The van der Waals surface area contributed by atoms with E-state index >= 15 is 0 Å². The first-order chi connectivity index (χ1) is 15.1. The number of para-hydroxylation sites is 2. The lowest BCUT2D eigenvalue weighted by atomic mass is 9.89. The molecule has 1 amide bonds. The topological polar surface area (TPSA) is 64.1 Å². The van der Waals surface area contributed by atoms with Crippen molar-refractivity contribution >= 4 is 44.9 Å². The van der Waals surface area contributed by atoms with Crippen LogP contribution in [0.15, 0.2) is 29.3 Å². The largest absolute Gasteiger partial charge is 0.492 e. The van der Waals surface area contributed by atoms with E-state index in [0.717, 1.165) is 34.4 Å². The normalized spacial score (nSPS) is 18.1. The van der Waals surface area contributed by atoms with Crippen molar-refractivity contribution in [2.75, 3.05) is 17.7 Å². The van der Waals surface area contributed by atoms with Gasteiger partial charge in [-0.15, -0.1) is 11.3 Å². The van der Waals surface area contributed by atoms with Crippen LogP contribution in [0.25, 0.3) is 10.2 Å². The molecule has 0 aliphatic heterocycles. The van der Waals surface area contributed by atoms with Gasteiger partial charge < -0.3 is 10.1 Å². The Balaban J connectivity index is 1.39. The summed E-state index contributed by atoms with van der Waals surface area (Å²) in [7, 11) is 0. The number of carbonyl (C=O) groups is 1. The van der Waals surface area contributed by atoms with Gasteiger partial charge in [0, 0.05) is 16.2 Å². The number of amides is 1. The molecule has 0 radical (unpaired) electrons. The van der Waals surface area contributed by atoms with E-state index < -0.39 is 0 Å². The van der Waals surface area contributed by atoms with Gasteiger partial charge in [0.2, 0.25) is 5.91 Å². The van der Waals surface area contributed by atoms with E-state index in [1.807, 2.05) is 42.5 Å². The van der Waals surface area contributed by atoms with Crippen molar-refractivity contribution in [3.8, 4) is 5.75 Å². The van der Waals surface area contributed by atoms with Crippen LogP contribution in [0.4, 0.5) is 5.69 Å². The summed E-state index contributed by atoms with van der Waals surface area (Å²) in [6, 6.07) is 7.56. The molecule has 0 saturated heterocycles. The molecule has 1 saturated carbocycles. The molecule has 162 valence electrons. The maximum atomic E-state index is 12.8. The third kappa shape index (κ3) is 4.44. The average molecular weight is 454 g/mol. The van der Waals surface area contributed by atoms with Gasteiger partial charge >= 0.3 is 0 Å². The first-order valence-corrected chi connectivity index (χ1v) is 12.9. The standard InChI is InChI=1S/C24H27N3O2S2/c1-3-29-18-7-5-4-6-17(18)25-20(28)13-30-23-21-16-11-8-14(2)12-19(16)31-24(21)27-22(26-23)15-9-10-15/h4-7,14-15H,3,8-13H2,1-2H3,(H,25,28). The number of nitrogens with zero attached hydrogens (tertiary/aromatic N) is 2. The quantitative estimate of drug-likeness (QED) is 0.361. The molecule has 5 nitrogen and oxygen atoms in total. The van der Waals surface area contributed by atoms with Crippen molar-refractivity contribution in [1.29, 1.82) is 0 Å². The summed E-state index contributed by atoms with van der Waals surface area (Å²) in [5.74, 6) is 3.15. The number of thioether (sulfide) groups is 1. The molecule has 7 heteroatoms. The number of hydrogen-bond donors (Lipinski definition) is 1. The summed E-state index contributed by atoms with van der Waals surface area (Å²) in [5, 5.41) is 5.18. The van der Waals surface area contributed by atoms with Crippen molar-refractivity contribution in [1.82, 2.24) is 9.97 Å². The molecule has 3 aromatic rings. The van der Waals surface area contributed by atoms with E-state index in [4.69, 9.17) is 14.7 Å². The number of fused-ring (bicyclic) bond motifs is 3. The van der Waals surface area contributed by atoms with Crippen LogP contribution in [0.2, 0.25) is 0 Å². The molecule has 1 atom stereocenters. The minimum Gasteiger partial charge on any atom is -0.492 e. The minimum atomic E-state index is -0.0467. The SMILES string of the molecule is CCOc1ccccc1NC(=O)CSc1nc(C2CC2)nc2sc3c(c12)CCC(C)C3. The number of aromatic nitrogens is 2. The monoisotopic (exact) mass is 453 g/mol. The van der Waals surface area contributed by atoms with Crippen molar-refractivity contribution in [3.63, 3.8) is 0 Å². The molecule has 5 rings (SSSR count). The molecule has 1 aromatic carbocycles. The number of benzene rings is 1.